The molecule has 20 bridgehead atoms. The highest BCUT2D eigenvalue weighted by Gasteiger charge is 2.70. The molecule has 22 rings (SSSR count). The summed E-state index contributed by atoms with van der Waals surface area (Å²) in [4.78, 5) is 24.9. The number of carbonyl (C=O) groups excluding carboxylic acids is 2. The van der Waals surface area contributed by atoms with E-state index < -0.39 is 0 Å². The highest BCUT2D eigenvalue weighted by Crippen LogP contribution is 2.75. The third kappa shape index (κ3) is 12.4. The quantitative estimate of drug-likeness (QED) is 0.212. The molecular formula is C85H134Cl2FN4O4PS. The molecule has 20 saturated carbocycles. The summed E-state index contributed by atoms with van der Waals surface area (Å²) in [5.74, 6) is 20.5. The number of amides is 2. The summed E-state index contributed by atoms with van der Waals surface area (Å²) in [5.41, 5.74) is 18.2. The Bertz CT molecular complexity index is 2720. The fourth-order valence-corrected chi connectivity index (χ4v) is 31.9. The number of hydrogen-bond donors (Lipinski definition) is 4. The fraction of sp³-hybridized carbons (Fsp3) is 0.835. The van der Waals surface area contributed by atoms with E-state index in [-0.39, 0.29) is 73.9 Å². The predicted octanol–water partition coefficient (Wildman–Crippen LogP) is 21.4. The first-order valence-corrected chi connectivity index (χ1v) is 41.1. The molecule has 31 atom stereocenters. The molecule has 2 aromatic carbocycles. The van der Waals surface area contributed by atoms with E-state index in [9.17, 15) is 13.5 Å². The van der Waals surface area contributed by atoms with Gasteiger partial charge in [0.1, 0.15) is 13.2 Å². The number of nitrogens with two attached hydrogens (primary N) is 2. The smallest absolute Gasteiger partial charge is 0.407 e. The molecule has 2 amide bonds. The molecule has 6 N–H and O–H groups in total. The van der Waals surface area contributed by atoms with E-state index in [1.807, 2.05) is 60.7 Å². The Morgan fingerprint density at radius 3 is 0.949 bits per heavy atom. The highest BCUT2D eigenvalue weighted by atomic mass is 35.5. The zero-order valence-electron chi connectivity index (χ0n) is 59.0. The van der Waals surface area contributed by atoms with E-state index in [4.69, 9.17) is 20.9 Å². The number of nitrogens with one attached hydrogen (secondary N) is 2. The number of fused-ring (bicyclic) bond motifs is 30. The van der Waals surface area contributed by atoms with Crippen molar-refractivity contribution in [3.8, 4) is 0 Å². The molecule has 20 fully saturated rings. The minimum atomic E-state index is -0.210. The molecule has 2 aromatic rings. The van der Waals surface area contributed by atoms with Gasteiger partial charge in [-0.1, -0.05) is 115 Å². The predicted molar refractivity (Wildman–Crippen MR) is 409 cm³/mol. The van der Waals surface area contributed by atoms with Gasteiger partial charge in [0.15, 0.2) is 0 Å². The summed E-state index contributed by atoms with van der Waals surface area (Å²) >= 11 is 0.250. The van der Waals surface area contributed by atoms with Crippen LogP contribution in [-0.2, 0) is 22.7 Å². The van der Waals surface area contributed by atoms with E-state index in [1.54, 1.807) is 44.9 Å². The average Bonchev–Trinajstić information content (AvgIpc) is 1.61. The maximum Gasteiger partial charge on any atom is 0.407 e. The molecule has 0 saturated heterocycles. The van der Waals surface area contributed by atoms with Gasteiger partial charge in [-0.2, -0.15) is 13.8 Å². The first-order valence-electron chi connectivity index (χ1n) is 39.9. The van der Waals surface area contributed by atoms with Crippen LogP contribution < -0.4 is 22.1 Å². The summed E-state index contributed by atoms with van der Waals surface area (Å²) < 4.78 is 21.3. The van der Waals surface area contributed by atoms with Crippen LogP contribution in [-0.4, -0.2) is 42.6 Å². The molecule has 0 aromatic heterocycles. The number of halogens is 3. The van der Waals surface area contributed by atoms with Gasteiger partial charge in [0.05, 0.1) is 0 Å². The van der Waals surface area contributed by atoms with Crippen molar-refractivity contribution < 1.29 is 22.9 Å². The molecule has 0 radical (unpaired) electrons. The maximum absolute atomic E-state index is 12.5. The van der Waals surface area contributed by atoms with Crippen LogP contribution in [0.2, 0.25) is 0 Å². The van der Waals surface area contributed by atoms with Crippen LogP contribution in [0.5, 0.6) is 0 Å². The first kappa shape index (κ1) is 75.9. The van der Waals surface area contributed by atoms with Crippen LogP contribution in [0.1, 0.15) is 258 Å². The first-order chi connectivity index (χ1) is 45.3. The minimum absolute atomic E-state index is 0. The van der Waals surface area contributed by atoms with Crippen molar-refractivity contribution in [2.24, 2.45) is 163 Å². The lowest BCUT2D eigenvalue weighted by molar-refractivity contribution is 0.0250. The second kappa shape index (κ2) is 30.2. The Hall–Kier alpha value is -1.81. The monoisotopic (exact) mass is 1430 g/mol. The van der Waals surface area contributed by atoms with Crippen molar-refractivity contribution in [1.29, 1.82) is 0 Å². The second-order valence-electron chi connectivity index (χ2n) is 37.2. The Kier molecular flexibility index (Phi) is 23.4. The summed E-state index contributed by atoms with van der Waals surface area (Å²) in [6.07, 6.45) is 52.5. The zero-order valence-corrected chi connectivity index (χ0v) is 62.8. The molecule has 550 valence electrons. The van der Waals surface area contributed by atoms with E-state index >= 15 is 0 Å². The average molecular weight is 1430 g/mol. The van der Waals surface area contributed by atoms with Gasteiger partial charge in [0.25, 0.3) is 0 Å². The molecule has 5 spiro atoms. The van der Waals surface area contributed by atoms with Crippen molar-refractivity contribution in [2.45, 2.75) is 284 Å². The van der Waals surface area contributed by atoms with Crippen LogP contribution in [0.3, 0.4) is 0 Å². The SMILES string of the molecule is C.C.CSF.C[C@H]1C2CC[C@H](C2)C12CC1CCC2C1.Cl.Cl.N[C@@H]1C2CC[C@@H](C2)C12CC1CCC2C1.N[C@H]1C2CC[C@H](C2)C12CC1CCC2C1.O=C(N[C@@H]1C2CC[C@@H](C2)C12CC1CCC2C1)OCc1ccccc1.O=C(N[C@@H]1C2CC[C@@H](C2)C12CC1CCC2C1)OCc1ccccc1.P. The van der Waals surface area contributed by atoms with Crippen molar-refractivity contribution >= 4 is 59.0 Å². The summed E-state index contributed by atoms with van der Waals surface area (Å²) in [5, 5.41) is 6.67. The molecule has 0 heterocycles. The summed E-state index contributed by atoms with van der Waals surface area (Å²) in [7, 11) is 0. The minimum Gasteiger partial charge on any atom is -0.445 e. The number of rotatable bonds is 6. The molecule has 0 aliphatic heterocycles. The van der Waals surface area contributed by atoms with Gasteiger partial charge in [0, 0.05) is 42.6 Å². The third-order valence-electron chi connectivity index (χ3n) is 34.8. The fourth-order valence-electron chi connectivity index (χ4n) is 31.9. The van der Waals surface area contributed by atoms with Crippen molar-refractivity contribution in [2.75, 3.05) is 6.26 Å². The number of ether oxygens (including phenoxy) is 2. The van der Waals surface area contributed by atoms with E-state index in [1.165, 1.54) is 186 Å². The van der Waals surface area contributed by atoms with Crippen LogP contribution in [0.4, 0.5) is 13.5 Å². The molecule has 98 heavy (non-hydrogen) atoms. The molecule has 20 aliphatic carbocycles. The van der Waals surface area contributed by atoms with Crippen LogP contribution in [0.15, 0.2) is 60.7 Å². The normalized spacial score (nSPS) is 48.4. The van der Waals surface area contributed by atoms with Gasteiger partial charge in [-0.15, -0.1) is 24.8 Å². The molecule has 21 unspecified atom stereocenters. The molecule has 13 heteroatoms. The topological polar surface area (TPSA) is 129 Å². The van der Waals surface area contributed by atoms with Gasteiger partial charge in [0.2, 0.25) is 0 Å². The van der Waals surface area contributed by atoms with E-state index in [2.05, 4.69) is 17.6 Å². The maximum atomic E-state index is 12.5. The van der Waals surface area contributed by atoms with Crippen molar-refractivity contribution in [1.82, 2.24) is 10.6 Å². The number of benzene rings is 2. The Labute approximate surface area is 613 Å². The van der Waals surface area contributed by atoms with Gasteiger partial charge in [-0.05, 0) is 355 Å². The lowest BCUT2D eigenvalue weighted by Gasteiger charge is -2.47. The largest absolute Gasteiger partial charge is 0.445 e. The third-order valence-corrected chi connectivity index (χ3v) is 34.8. The van der Waals surface area contributed by atoms with Gasteiger partial charge < -0.3 is 31.6 Å². The second-order valence-corrected chi connectivity index (χ2v) is 37.5. The number of hydrogen-bond acceptors (Lipinski definition) is 7. The molecule has 8 nitrogen and oxygen atoms in total. The van der Waals surface area contributed by atoms with Crippen LogP contribution in [0, 0.1) is 151 Å². The Morgan fingerprint density at radius 1 is 0.408 bits per heavy atom. The Morgan fingerprint density at radius 2 is 0.663 bits per heavy atom. The summed E-state index contributed by atoms with van der Waals surface area (Å²) in [6.45, 7) is 3.34. The number of alkyl carbamates (subject to hydrolysis) is 2. The lowest BCUT2D eigenvalue weighted by atomic mass is 9.59. The van der Waals surface area contributed by atoms with Gasteiger partial charge in [-0.25, -0.2) is 9.59 Å². The molecule has 20 aliphatic rings. The van der Waals surface area contributed by atoms with E-state index in [0.717, 1.165) is 129 Å². The molecular weight excluding hydrogens is 1290 g/mol. The van der Waals surface area contributed by atoms with Crippen LogP contribution >= 0.6 is 46.9 Å². The zero-order chi connectivity index (χ0) is 63.0. The van der Waals surface area contributed by atoms with Crippen LogP contribution in [0.25, 0.3) is 0 Å². The highest BCUT2D eigenvalue weighted by molar-refractivity contribution is 7.93. The van der Waals surface area contributed by atoms with Gasteiger partial charge in [-0.3, -0.25) is 0 Å². The summed E-state index contributed by atoms with van der Waals surface area (Å²) in [6, 6.07) is 21.8. The Balaban J connectivity index is 0.000000116. The lowest BCUT2D eigenvalue weighted by Crippen LogP contribution is -2.53. The van der Waals surface area contributed by atoms with E-state index in [0.29, 0.717) is 70.9 Å². The number of carbonyl (C=O) groups is 2. The van der Waals surface area contributed by atoms with Crippen molar-refractivity contribution in [3.05, 3.63) is 71.8 Å². The standard InChI is InChI=1S/2C21H27NO2.C14H22.2C13H21N.CH3FS.2CH4.2ClH.H3P/c2*23-20(24-13-14-4-2-1-3-5-14)22-19-16-7-9-18(11-16)21(19)12-15-6-8-17(21)10-15;1-9-11-3-5-13(7-11)14(9)8-10-2-4-12(14)6-10;2*14-12-9-2-4-11(6-9)13(12)7-8-1-3-10(13)5-8;1-3-2;;;;;/h2*1-5,15-19H,6-13H2,(H,22,23);9-13H,2-8H2,1H3;2*8-12H,1-7,14H2;1H3;2*1H4;2*1H;1H3/t2*15?,16?,17?,18-,19+,21?;9-,10?,11?,12?,13+,14?;2*8?,9?,10?,11-,12+,13?;;;;;;/m00010....../s1. The van der Waals surface area contributed by atoms with Crippen molar-refractivity contribution in [3.63, 3.8) is 0 Å². The van der Waals surface area contributed by atoms with Gasteiger partial charge >= 0.3 is 12.2 Å².